The van der Waals surface area contributed by atoms with Crippen LogP contribution in [-0.2, 0) is 36.8 Å². The summed E-state index contributed by atoms with van der Waals surface area (Å²) in [6.45, 7) is 5.83. The highest BCUT2D eigenvalue weighted by Gasteiger charge is 2.20. The fourth-order valence-corrected chi connectivity index (χ4v) is 3.09. The third-order valence-corrected chi connectivity index (χ3v) is 5.98. The molecule has 0 saturated carbocycles. The zero-order valence-corrected chi connectivity index (χ0v) is 26.4. The van der Waals surface area contributed by atoms with Crippen LogP contribution < -0.4 is 28.3 Å². The Balaban J connectivity index is 0. The lowest BCUT2D eigenvalue weighted by Crippen LogP contribution is -2.34. The first-order valence-electron chi connectivity index (χ1n) is 14.4. The Bertz CT molecular complexity index is 1090. The molecule has 3 rings (SSSR count). The molecule has 1 saturated heterocycles. The molecule has 1 fully saturated rings. The van der Waals surface area contributed by atoms with Gasteiger partial charge in [0, 0.05) is 0 Å². The van der Waals surface area contributed by atoms with Crippen LogP contribution in [0, 0.1) is 5.92 Å². The molecule has 1 aliphatic rings. The summed E-state index contributed by atoms with van der Waals surface area (Å²) in [5.74, 6) is -4.51. The summed E-state index contributed by atoms with van der Waals surface area (Å²) in [7, 11) is 0. The number of carboxylic acid groups (broad SMARTS) is 5. The van der Waals surface area contributed by atoms with Gasteiger partial charge in [0.1, 0.15) is 30.2 Å². The molecule has 1 heterocycles. The van der Waals surface area contributed by atoms with E-state index in [1.807, 2.05) is 60.7 Å². The Morgan fingerprint density at radius 3 is 1.22 bits per heavy atom. The van der Waals surface area contributed by atoms with Crippen molar-refractivity contribution in [2.45, 2.75) is 76.7 Å². The van der Waals surface area contributed by atoms with Crippen LogP contribution in [0.2, 0.25) is 0 Å². The van der Waals surface area contributed by atoms with Crippen molar-refractivity contribution in [1.29, 1.82) is 0 Å². The molecule has 258 valence electrons. The molecular formula is C31H49N5O10. The zero-order valence-electron chi connectivity index (χ0n) is 26.4. The molecule has 0 aliphatic carbocycles. The Kier molecular flexibility index (Phi) is 23.6. The fourth-order valence-electron chi connectivity index (χ4n) is 3.09. The molecule has 15 nitrogen and oxygen atoms in total. The third-order valence-electron chi connectivity index (χ3n) is 5.98. The lowest BCUT2D eigenvalue weighted by molar-refractivity contribution is -0.140. The van der Waals surface area contributed by atoms with Crippen molar-refractivity contribution in [3.8, 4) is 0 Å². The molecule has 5 atom stereocenters. The summed E-state index contributed by atoms with van der Waals surface area (Å²) in [6, 6.07) is 15.4. The monoisotopic (exact) mass is 651 g/mol. The highest BCUT2D eigenvalue weighted by Crippen LogP contribution is 2.04. The number of nitrogens with one attached hydrogen (secondary N) is 1. The van der Waals surface area contributed by atoms with E-state index in [0.29, 0.717) is 12.8 Å². The largest absolute Gasteiger partial charge is 0.480 e. The van der Waals surface area contributed by atoms with Gasteiger partial charge in [0.25, 0.3) is 0 Å². The molecule has 0 aromatic heterocycles. The van der Waals surface area contributed by atoms with Gasteiger partial charge in [-0.3, -0.25) is 24.0 Å². The van der Waals surface area contributed by atoms with Gasteiger partial charge in [-0.15, -0.1) is 0 Å². The van der Waals surface area contributed by atoms with Crippen molar-refractivity contribution in [3.63, 3.8) is 0 Å². The van der Waals surface area contributed by atoms with E-state index >= 15 is 0 Å². The summed E-state index contributed by atoms with van der Waals surface area (Å²) in [5, 5.41) is 44.3. The quantitative estimate of drug-likeness (QED) is 0.168. The standard InChI is InChI=1S/2C9H11NO2.C5H9NO2.C5H11NO2.C3H7NO2/c2*10-8(9(11)12)6-7-4-2-1-3-5-7;7-5(8)4-2-1-3-6-4;1-3(2)4(6)5(7)8;1-2(4)3(5)6/h2*1-5,8H,6,10H2,(H,11,12);4,6H,1-3H2,(H,7,8);3-4H,6H2,1-2H3,(H,7,8);2H,4H2,1H3,(H,5,6)/t2*8-;2*4-;2-/m00000/s1. The number of carboxylic acids is 5. The van der Waals surface area contributed by atoms with Crippen molar-refractivity contribution in [1.82, 2.24) is 5.32 Å². The summed E-state index contributed by atoms with van der Waals surface area (Å²) in [5.41, 5.74) is 22.6. The predicted molar refractivity (Wildman–Crippen MR) is 172 cm³/mol. The van der Waals surface area contributed by atoms with Gasteiger partial charge in [0.2, 0.25) is 0 Å². The maximum Gasteiger partial charge on any atom is 0.320 e. The van der Waals surface area contributed by atoms with Crippen LogP contribution in [0.25, 0.3) is 0 Å². The minimum Gasteiger partial charge on any atom is -0.480 e. The van der Waals surface area contributed by atoms with E-state index in [0.717, 1.165) is 30.5 Å². The maximum absolute atomic E-state index is 10.4. The van der Waals surface area contributed by atoms with Crippen LogP contribution in [0.15, 0.2) is 60.7 Å². The SMILES string of the molecule is CC(C)[C@H](N)C(=O)O.C[C@H](N)C(=O)O.N[C@@H](Cc1ccccc1)C(=O)O.N[C@@H](Cc1ccccc1)C(=O)O.O=C(O)[C@@H]1CCCN1. The third kappa shape index (κ3) is 23.0. The molecule has 0 amide bonds. The van der Waals surface area contributed by atoms with E-state index in [9.17, 15) is 24.0 Å². The van der Waals surface area contributed by atoms with E-state index in [-0.39, 0.29) is 12.0 Å². The van der Waals surface area contributed by atoms with Gasteiger partial charge in [0.05, 0.1) is 0 Å². The van der Waals surface area contributed by atoms with Gasteiger partial charge in [0.15, 0.2) is 0 Å². The molecule has 0 spiro atoms. The van der Waals surface area contributed by atoms with E-state index in [1.54, 1.807) is 13.8 Å². The number of benzene rings is 2. The Morgan fingerprint density at radius 2 is 1.04 bits per heavy atom. The Hall–Kier alpha value is -4.41. The smallest absolute Gasteiger partial charge is 0.320 e. The first kappa shape index (κ1) is 43.7. The first-order chi connectivity index (χ1) is 21.4. The minimum atomic E-state index is -0.963. The average molecular weight is 652 g/mol. The van der Waals surface area contributed by atoms with Crippen LogP contribution in [0.3, 0.4) is 0 Å². The van der Waals surface area contributed by atoms with Crippen LogP contribution in [0.1, 0.15) is 44.7 Å². The van der Waals surface area contributed by atoms with E-state index < -0.39 is 54.0 Å². The molecule has 2 aromatic carbocycles. The number of carbonyl (C=O) groups is 5. The fraction of sp³-hybridized carbons (Fsp3) is 0.452. The molecule has 46 heavy (non-hydrogen) atoms. The molecule has 0 bridgehead atoms. The lowest BCUT2D eigenvalue weighted by Gasteiger charge is -2.07. The highest BCUT2D eigenvalue weighted by atomic mass is 16.4. The van der Waals surface area contributed by atoms with Gasteiger partial charge >= 0.3 is 29.8 Å². The maximum atomic E-state index is 10.4. The summed E-state index contributed by atoms with van der Waals surface area (Å²) >= 11 is 0. The van der Waals surface area contributed by atoms with Crippen LogP contribution in [-0.4, -0.2) is 92.1 Å². The number of rotatable bonds is 10. The average Bonchev–Trinajstić information content (AvgIpc) is 3.55. The molecular weight excluding hydrogens is 602 g/mol. The van der Waals surface area contributed by atoms with Crippen LogP contribution in [0.4, 0.5) is 0 Å². The van der Waals surface area contributed by atoms with Gasteiger partial charge in [-0.25, -0.2) is 0 Å². The molecule has 15 heteroatoms. The molecule has 0 unspecified atom stereocenters. The Morgan fingerprint density at radius 1 is 0.674 bits per heavy atom. The molecule has 0 radical (unpaired) electrons. The van der Waals surface area contributed by atoms with Crippen molar-refractivity contribution in [3.05, 3.63) is 71.8 Å². The van der Waals surface area contributed by atoms with Crippen molar-refractivity contribution in [2.75, 3.05) is 6.54 Å². The second-order valence-electron chi connectivity index (χ2n) is 10.5. The van der Waals surface area contributed by atoms with Gasteiger partial charge < -0.3 is 53.8 Å². The zero-order chi connectivity index (χ0) is 35.8. The predicted octanol–water partition coefficient (Wildman–Crippen LogP) is 0.578. The second kappa shape index (κ2) is 24.9. The normalized spacial score (nSPS) is 15.6. The first-order valence-corrected chi connectivity index (χ1v) is 14.4. The van der Waals surface area contributed by atoms with Crippen molar-refractivity contribution in [2.24, 2.45) is 28.9 Å². The van der Waals surface area contributed by atoms with Gasteiger partial charge in [-0.1, -0.05) is 74.5 Å². The van der Waals surface area contributed by atoms with Crippen LogP contribution in [0.5, 0.6) is 0 Å². The molecule has 1 aliphatic heterocycles. The van der Waals surface area contributed by atoms with Crippen molar-refractivity contribution >= 4 is 29.8 Å². The topological polar surface area (TPSA) is 303 Å². The number of hydrogen-bond acceptors (Lipinski definition) is 10. The number of aliphatic carboxylic acids is 5. The lowest BCUT2D eigenvalue weighted by atomic mass is 10.1. The number of hydrogen-bond donors (Lipinski definition) is 10. The van der Waals surface area contributed by atoms with E-state index in [2.05, 4.69) is 5.32 Å². The van der Waals surface area contributed by atoms with Crippen molar-refractivity contribution < 1.29 is 49.5 Å². The summed E-state index contributed by atoms with van der Waals surface area (Å²) < 4.78 is 0. The summed E-state index contributed by atoms with van der Waals surface area (Å²) in [4.78, 5) is 50.5. The molecule has 14 N–H and O–H groups in total. The van der Waals surface area contributed by atoms with Gasteiger partial charge in [-0.2, -0.15) is 0 Å². The number of nitrogens with two attached hydrogens (primary N) is 4. The van der Waals surface area contributed by atoms with Gasteiger partial charge in [-0.05, 0) is 56.2 Å². The van der Waals surface area contributed by atoms with Crippen LogP contribution >= 0.6 is 0 Å². The van der Waals surface area contributed by atoms with E-state index in [1.165, 1.54) is 6.92 Å². The summed E-state index contributed by atoms with van der Waals surface area (Å²) in [6.07, 6.45) is 2.55. The molecule has 2 aromatic rings. The highest BCUT2D eigenvalue weighted by molar-refractivity contribution is 5.74. The minimum absolute atomic E-state index is 0.0208. The Labute approximate surface area is 268 Å². The van der Waals surface area contributed by atoms with E-state index in [4.69, 9.17) is 48.5 Å². The second-order valence-corrected chi connectivity index (χ2v) is 10.5.